The summed E-state index contributed by atoms with van der Waals surface area (Å²) in [5, 5.41) is 0. The van der Waals surface area contributed by atoms with Crippen LogP contribution in [0.5, 0.6) is 0 Å². The zero-order valence-electron chi connectivity index (χ0n) is 33.9. The smallest absolute Gasteiger partial charge is 0.247 e. The molecule has 0 N–H and O–H groups in total. The van der Waals surface area contributed by atoms with E-state index >= 15 is 0 Å². The molecule has 0 saturated carbocycles. The quantitative estimate of drug-likeness (QED) is 0.0372. The lowest BCUT2D eigenvalue weighted by Crippen LogP contribution is -2.19. The van der Waals surface area contributed by atoms with Crippen molar-refractivity contribution >= 4 is 87.5 Å². The number of hydrogen-bond acceptors (Lipinski definition) is 11. The number of rotatable bonds is 36. The van der Waals surface area contributed by atoms with Gasteiger partial charge in [0.25, 0.3) is 0 Å². The molecule has 0 aromatic carbocycles. The molecule has 0 amide bonds. The zero-order chi connectivity index (χ0) is 38.8. The summed E-state index contributed by atoms with van der Waals surface area (Å²) in [6, 6.07) is 0. The average molecular weight is 891 g/mol. The van der Waals surface area contributed by atoms with Gasteiger partial charge in [-0.2, -0.15) is 0 Å². The third-order valence-electron chi connectivity index (χ3n) is 7.52. The molecule has 15 heteroatoms. The van der Waals surface area contributed by atoms with Gasteiger partial charge >= 0.3 is 0 Å². The van der Waals surface area contributed by atoms with Crippen LogP contribution in [0.1, 0.15) is 185 Å². The largest absolute Gasteiger partial charge is 0.319 e. The summed E-state index contributed by atoms with van der Waals surface area (Å²) in [6.07, 6.45) is 21.3. The lowest BCUT2D eigenvalue weighted by molar-refractivity contribution is 0.158. The van der Waals surface area contributed by atoms with Gasteiger partial charge in [-0.25, -0.2) is 0 Å². The van der Waals surface area contributed by atoms with Crippen LogP contribution >= 0.6 is 52.1 Å². The molecule has 308 valence electrons. The molecule has 0 aliphatic carbocycles. The van der Waals surface area contributed by atoms with Gasteiger partial charge < -0.3 is 27.1 Å². The molecule has 0 saturated heterocycles. The Labute approximate surface area is 345 Å². The molecule has 6 nitrogen and oxygen atoms in total. The second kappa shape index (κ2) is 31.7. The molecule has 0 aliphatic heterocycles. The van der Waals surface area contributed by atoms with E-state index in [1.54, 1.807) is 22.8 Å². The van der Waals surface area contributed by atoms with E-state index in [1.807, 2.05) is 55.4 Å². The van der Waals surface area contributed by atoms with Crippen molar-refractivity contribution in [2.24, 2.45) is 0 Å². The van der Waals surface area contributed by atoms with Crippen LogP contribution in [0.4, 0.5) is 0 Å². The summed E-state index contributed by atoms with van der Waals surface area (Å²) in [5.74, 6) is 1.25. The van der Waals surface area contributed by atoms with E-state index in [0.717, 1.165) is 25.7 Å². The third kappa shape index (κ3) is 32.4. The van der Waals surface area contributed by atoms with Crippen molar-refractivity contribution in [1.82, 2.24) is 0 Å². The minimum atomic E-state index is -2.93. The van der Waals surface area contributed by atoms with Gasteiger partial charge in [-0.05, 0) is 104 Å². The van der Waals surface area contributed by atoms with Crippen LogP contribution in [0.15, 0.2) is 0 Å². The summed E-state index contributed by atoms with van der Waals surface area (Å²) in [5.41, 5.74) is -8.09. The fourth-order valence-corrected chi connectivity index (χ4v) is 19.8. The molecule has 2 unspecified atom stereocenters. The number of hydrogen-bond donors (Lipinski definition) is 1. The highest BCUT2D eigenvalue weighted by molar-refractivity contribution is 8.68. The van der Waals surface area contributed by atoms with Crippen molar-refractivity contribution in [2.75, 3.05) is 11.5 Å². The summed E-state index contributed by atoms with van der Waals surface area (Å²) in [6.45, 7) is 20.6. The summed E-state index contributed by atoms with van der Waals surface area (Å²) in [4.78, 5) is 0. The summed E-state index contributed by atoms with van der Waals surface area (Å²) >= 11 is 26.1. The molecular weight excluding hydrogens is 814 g/mol. The van der Waals surface area contributed by atoms with E-state index < -0.39 is 17.1 Å². The van der Waals surface area contributed by atoms with Crippen LogP contribution in [-0.2, 0) is 62.6 Å². The third-order valence-corrected chi connectivity index (χ3v) is 20.9. The van der Waals surface area contributed by atoms with Gasteiger partial charge in [-0.15, -0.1) is 0 Å². The van der Waals surface area contributed by atoms with Crippen LogP contribution in [-0.4, -0.2) is 48.1 Å². The van der Waals surface area contributed by atoms with Gasteiger partial charge in [0.2, 0.25) is 17.1 Å². The first kappa shape index (κ1) is 53.8. The Bertz CT molecular complexity index is 891. The zero-order valence-corrected chi connectivity index (χ0v) is 41.5. The normalized spacial score (nSPS) is 15.4. The topological polar surface area (TPSA) is 55.4 Å². The Hall–Kier alpha value is 2.76. The van der Waals surface area contributed by atoms with Gasteiger partial charge in [-0.1, -0.05) is 152 Å². The summed E-state index contributed by atoms with van der Waals surface area (Å²) < 4.78 is 38.2. The first-order valence-corrected chi connectivity index (χ1v) is 32.1. The standard InChI is InChI=1S/C36H77O6P3S6/c1-11-13-15-17-19-21-23-25-27-35(29-50-44(48,37-31(3)4)38-32(5)6)41-43(46,47)42-36(28-26-24-22-20-18-16-14-12-2)30-51-45(49,39-33(7)8)40-34(9)10/h31-36H,11-30H2,1-10H3,(H,46,47). The first-order chi connectivity index (χ1) is 23.9. The number of unbranched alkanes of at least 4 members (excludes halogenated alkanes) is 14. The molecule has 0 rings (SSSR count). The van der Waals surface area contributed by atoms with Crippen LogP contribution in [0.3, 0.4) is 0 Å². The lowest BCUT2D eigenvalue weighted by atomic mass is 10.1. The van der Waals surface area contributed by atoms with Gasteiger partial charge in [0.05, 0.1) is 36.6 Å². The molecule has 0 radical (unpaired) electrons. The Morgan fingerprint density at radius 1 is 0.431 bits per heavy atom. The first-order valence-electron chi connectivity index (χ1n) is 19.9. The van der Waals surface area contributed by atoms with Crippen molar-refractivity contribution < 1.29 is 27.1 Å². The maximum absolute atomic E-state index is 6.70. The molecule has 2 atom stereocenters. The molecular formula is C36H77O6P3S6. The summed E-state index contributed by atoms with van der Waals surface area (Å²) in [7, 11) is 0. The van der Waals surface area contributed by atoms with Crippen molar-refractivity contribution in [3.8, 4) is 0 Å². The van der Waals surface area contributed by atoms with E-state index in [9.17, 15) is 0 Å². The molecule has 0 fully saturated rings. The maximum Gasteiger partial charge on any atom is 0.247 e. The molecule has 0 aromatic heterocycles. The Morgan fingerprint density at radius 3 is 0.941 bits per heavy atom. The second-order valence-electron chi connectivity index (χ2n) is 14.6. The van der Waals surface area contributed by atoms with Gasteiger partial charge in [0, 0.05) is 11.5 Å². The van der Waals surface area contributed by atoms with E-state index in [4.69, 9.17) is 74.8 Å². The van der Waals surface area contributed by atoms with Crippen molar-refractivity contribution in [3.05, 3.63) is 0 Å². The highest BCUT2D eigenvalue weighted by Gasteiger charge is 2.31. The van der Waals surface area contributed by atoms with Crippen LogP contribution in [0.2, 0.25) is 0 Å². The van der Waals surface area contributed by atoms with Crippen molar-refractivity contribution in [2.45, 2.75) is 221 Å². The van der Waals surface area contributed by atoms with E-state index in [2.05, 4.69) is 13.8 Å². The maximum atomic E-state index is 6.70. The molecule has 0 spiro atoms. The highest BCUT2D eigenvalue weighted by Crippen LogP contribution is 2.65. The Kier molecular flexibility index (Phi) is 33.4. The predicted octanol–water partition coefficient (Wildman–Crippen LogP) is 15.6. The molecule has 0 heterocycles. The minimum Gasteiger partial charge on any atom is -0.319 e. The Balaban J connectivity index is 5.82. The van der Waals surface area contributed by atoms with Gasteiger partial charge in [-0.3, -0.25) is 0 Å². The SMILES string of the molecule is CCCCCCCCCCC(CSP(=S)(OC(C)C)OC(C)C)OP(=S)(S)OC(CCCCCCCCCC)CSP(=S)(OC(C)C)OC(C)C. The van der Waals surface area contributed by atoms with Crippen molar-refractivity contribution in [1.29, 1.82) is 0 Å². The molecule has 0 bridgehead atoms. The average Bonchev–Trinajstić information content (AvgIpc) is 2.99. The lowest BCUT2D eigenvalue weighted by Gasteiger charge is -2.31. The monoisotopic (exact) mass is 890 g/mol. The van der Waals surface area contributed by atoms with Gasteiger partial charge in [0.15, 0.2) is 0 Å². The fraction of sp³-hybridized carbons (Fsp3) is 1.00. The van der Waals surface area contributed by atoms with E-state index in [0.29, 0.717) is 11.5 Å². The fourth-order valence-electron chi connectivity index (χ4n) is 5.30. The van der Waals surface area contributed by atoms with Crippen molar-refractivity contribution in [3.63, 3.8) is 0 Å². The van der Waals surface area contributed by atoms with Crippen LogP contribution in [0.25, 0.3) is 0 Å². The molecule has 0 aliphatic rings. The predicted molar refractivity (Wildman–Crippen MR) is 246 cm³/mol. The minimum absolute atomic E-state index is 0.0267. The van der Waals surface area contributed by atoms with E-state index in [1.165, 1.54) is 89.9 Å². The molecule has 0 aromatic rings. The Morgan fingerprint density at radius 2 is 0.686 bits per heavy atom. The van der Waals surface area contributed by atoms with Crippen LogP contribution in [0, 0.1) is 0 Å². The van der Waals surface area contributed by atoms with Crippen LogP contribution < -0.4 is 0 Å². The highest BCUT2D eigenvalue weighted by atomic mass is 32.9. The van der Waals surface area contributed by atoms with Gasteiger partial charge in [0.1, 0.15) is 0 Å². The second-order valence-corrected chi connectivity index (χ2v) is 32.3. The molecule has 51 heavy (non-hydrogen) atoms. The number of thiol groups is 1. The van der Waals surface area contributed by atoms with E-state index in [-0.39, 0.29) is 36.6 Å².